The van der Waals surface area contributed by atoms with E-state index >= 15 is 0 Å². The van der Waals surface area contributed by atoms with Crippen LogP contribution in [0.4, 0.5) is 0 Å². The fourth-order valence-corrected chi connectivity index (χ4v) is 5.50. The molecule has 1 saturated carbocycles. The van der Waals surface area contributed by atoms with Crippen molar-refractivity contribution in [3.8, 4) is 11.3 Å². The first kappa shape index (κ1) is 34.3. The summed E-state index contributed by atoms with van der Waals surface area (Å²) in [5.41, 5.74) is 5.88. The van der Waals surface area contributed by atoms with Crippen molar-refractivity contribution in [2.75, 3.05) is 26.2 Å². The minimum absolute atomic E-state index is 0. The van der Waals surface area contributed by atoms with Gasteiger partial charge in [0, 0.05) is 48.5 Å². The summed E-state index contributed by atoms with van der Waals surface area (Å²) in [7, 11) is 0. The topological polar surface area (TPSA) is 44.6 Å². The zero-order chi connectivity index (χ0) is 22.5. The summed E-state index contributed by atoms with van der Waals surface area (Å²) in [6.45, 7) is 6.31. The second-order valence-electron chi connectivity index (χ2n) is 9.58. The van der Waals surface area contributed by atoms with E-state index in [1.165, 1.54) is 56.3 Å². The van der Waals surface area contributed by atoms with Gasteiger partial charge in [-0.25, -0.2) is 4.98 Å². The summed E-state index contributed by atoms with van der Waals surface area (Å²) in [5.74, 6) is 0. The zero-order valence-electron chi connectivity index (χ0n) is 21.2. The number of nitrogens with zero attached hydrogens (tertiary/aromatic N) is 3. The lowest BCUT2D eigenvalue weighted by Crippen LogP contribution is -2.36. The minimum Gasteiger partial charge on any atom is -0.315 e. The molecule has 5 nitrogen and oxygen atoms in total. The van der Waals surface area contributed by atoms with E-state index in [-0.39, 0.29) is 49.6 Å². The van der Waals surface area contributed by atoms with Crippen LogP contribution in [-0.2, 0) is 13.1 Å². The molecule has 37 heavy (non-hydrogen) atoms. The molecule has 1 aliphatic heterocycles. The molecular formula is C27H40Cl5N5. The van der Waals surface area contributed by atoms with Crippen molar-refractivity contribution in [3.05, 3.63) is 58.9 Å². The van der Waals surface area contributed by atoms with E-state index < -0.39 is 0 Å². The Morgan fingerprint density at radius 1 is 0.838 bits per heavy atom. The van der Waals surface area contributed by atoms with Crippen LogP contribution in [0.2, 0.25) is 5.02 Å². The number of pyridine rings is 1. The predicted octanol–water partition coefficient (Wildman–Crippen LogP) is 6.95. The number of nitrogens with one attached hydrogen (secondary N) is 2. The molecule has 0 saturated heterocycles. The van der Waals surface area contributed by atoms with Gasteiger partial charge < -0.3 is 10.6 Å². The Kier molecular flexibility index (Phi) is 15.8. The summed E-state index contributed by atoms with van der Waals surface area (Å²) in [6.07, 6.45) is 9.38. The molecule has 0 atom stereocenters. The fourth-order valence-electron chi connectivity index (χ4n) is 5.37. The van der Waals surface area contributed by atoms with Gasteiger partial charge in [0.05, 0.1) is 11.4 Å². The number of hydrogen-bond donors (Lipinski definition) is 2. The van der Waals surface area contributed by atoms with E-state index in [1.807, 2.05) is 12.1 Å². The molecule has 1 aromatic carbocycles. The van der Waals surface area contributed by atoms with Crippen LogP contribution in [0.25, 0.3) is 16.9 Å². The van der Waals surface area contributed by atoms with Gasteiger partial charge in [0.15, 0.2) is 0 Å². The average Bonchev–Trinajstić information content (AvgIpc) is 3.22. The van der Waals surface area contributed by atoms with Gasteiger partial charge in [0.25, 0.3) is 0 Å². The first-order chi connectivity index (χ1) is 16.3. The van der Waals surface area contributed by atoms with E-state index in [2.05, 4.69) is 50.3 Å². The summed E-state index contributed by atoms with van der Waals surface area (Å²) in [4.78, 5) is 7.53. The molecule has 5 rings (SSSR count). The van der Waals surface area contributed by atoms with Crippen molar-refractivity contribution in [2.45, 2.75) is 64.1 Å². The van der Waals surface area contributed by atoms with Crippen LogP contribution >= 0.6 is 61.2 Å². The molecular weight excluding hydrogens is 572 g/mol. The van der Waals surface area contributed by atoms with E-state index in [4.69, 9.17) is 16.6 Å². The number of benzene rings is 1. The molecule has 208 valence electrons. The van der Waals surface area contributed by atoms with Gasteiger partial charge in [-0.05, 0) is 63.0 Å². The molecule has 3 aromatic rings. The predicted molar refractivity (Wildman–Crippen MR) is 166 cm³/mol. The third kappa shape index (κ3) is 8.87. The largest absolute Gasteiger partial charge is 0.315 e. The number of hydrogen-bond acceptors (Lipinski definition) is 4. The van der Waals surface area contributed by atoms with Crippen LogP contribution in [-0.4, -0.2) is 46.5 Å². The fraction of sp³-hybridized carbons (Fsp3) is 0.519. The summed E-state index contributed by atoms with van der Waals surface area (Å²) in [6, 6.07) is 15.3. The van der Waals surface area contributed by atoms with Crippen molar-refractivity contribution in [2.24, 2.45) is 0 Å². The highest BCUT2D eigenvalue weighted by Crippen LogP contribution is 2.31. The maximum absolute atomic E-state index is 6.11. The molecule has 3 heterocycles. The third-order valence-electron chi connectivity index (χ3n) is 7.11. The van der Waals surface area contributed by atoms with Crippen molar-refractivity contribution >= 4 is 66.9 Å². The summed E-state index contributed by atoms with van der Waals surface area (Å²) >= 11 is 6.11. The maximum atomic E-state index is 6.11. The quantitative estimate of drug-likeness (QED) is 0.244. The second-order valence-corrected chi connectivity index (χ2v) is 10.0. The normalized spacial score (nSPS) is 15.3. The molecule has 0 amide bonds. The number of aromatic nitrogens is 2. The minimum atomic E-state index is 0. The van der Waals surface area contributed by atoms with Gasteiger partial charge in [-0.1, -0.05) is 49.1 Å². The third-order valence-corrected chi connectivity index (χ3v) is 7.37. The van der Waals surface area contributed by atoms with Gasteiger partial charge in [-0.2, -0.15) is 0 Å². The number of rotatable bonds is 10. The van der Waals surface area contributed by atoms with Crippen molar-refractivity contribution in [1.29, 1.82) is 0 Å². The van der Waals surface area contributed by atoms with Gasteiger partial charge in [0.1, 0.15) is 5.65 Å². The molecule has 0 bridgehead atoms. The van der Waals surface area contributed by atoms with Crippen LogP contribution < -0.4 is 10.6 Å². The Balaban J connectivity index is 0.00000171. The molecule has 0 radical (unpaired) electrons. The molecule has 1 aliphatic carbocycles. The number of imidazole rings is 1. The zero-order valence-corrected chi connectivity index (χ0v) is 25.2. The summed E-state index contributed by atoms with van der Waals surface area (Å²) in [5, 5.41) is 8.10. The van der Waals surface area contributed by atoms with Crippen LogP contribution in [0.15, 0.2) is 42.5 Å². The van der Waals surface area contributed by atoms with E-state index in [1.54, 1.807) is 0 Å². The highest BCUT2D eigenvalue weighted by molar-refractivity contribution is 6.30. The first-order valence-corrected chi connectivity index (χ1v) is 13.1. The molecule has 2 N–H and O–H groups in total. The van der Waals surface area contributed by atoms with E-state index in [9.17, 15) is 0 Å². The van der Waals surface area contributed by atoms with Crippen molar-refractivity contribution < 1.29 is 0 Å². The Labute approximate surface area is 251 Å². The standard InChI is InChI=1S/C27H36ClN5.4ClH/c28-22-13-11-21(12-14-22)27-25-20-32(19-24-9-6-10-26(31-27)33(24)25)18-5-4-15-29-16-17-30-23-7-2-1-3-8-23;;;;/h6,9-14,23,29-30H,1-5,7-8,15-20H2;4*1H. The molecule has 0 spiro atoms. The van der Waals surface area contributed by atoms with Crippen LogP contribution in [0.5, 0.6) is 0 Å². The highest BCUT2D eigenvalue weighted by Gasteiger charge is 2.23. The lowest BCUT2D eigenvalue weighted by Gasteiger charge is -2.28. The monoisotopic (exact) mass is 609 g/mol. The lowest BCUT2D eigenvalue weighted by atomic mass is 9.95. The average molecular weight is 612 g/mol. The van der Waals surface area contributed by atoms with Crippen LogP contribution in [0.1, 0.15) is 56.3 Å². The number of unbranched alkanes of at least 4 members (excludes halogenated alkanes) is 1. The van der Waals surface area contributed by atoms with E-state index in [0.717, 1.165) is 67.2 Å². The smallest absolute Gasteiger partial charge is 0.137 e. The SMILES string of the molecule is Cl.Cl.Cl.Cl.Clc1ccc(-c2nc3cccc4n3c2CN(CCCCNCCNC2CCCCC2)C4)cc1. The Bertz CT molecular complexity index is 1050. The maximum Gasteiger partial charge on any atom is 0.137 e. The van der Waals surface area contributed by atoms with Gasteiger partial charge in [0.2, 0.25) is 0 Å². The van der Waals surface area contributed by atoms with Gasteiger partial charge in [-0.15, -0.1) is 49.6 Å². The Morgan fingerprint density at radius 3 is 2.35 bits per heavy atom. The van der Waals surface area contributed by atoms with E-state index in [0.29, 0.717) is 0 Å². The molecule has 2 aromatic heterocycles. The molecule has 1 fully saturated rings. The summed E-state index contributed by atoms with van der Waals surface area (Å²) < 4.78 is 2.35. The Morgan fingerprint density at radius 2 is 1.59 bits per heavy atom. The highest BCUT2D eigenvalue weighted by atomic mass is 35.5. The van der Waals surface area contributed by atoms with Crippen molar-refractivity contribution in [1.82, 2.24) is 24.9 Å². The Hall–Kier alpha value is -0.760. The second kappa shape index (κ2) is 17.0. The van der Waals surface area contributed by atoms with Gasteiger partial charge in [-0.3, -0.25) is 9.30 Å². The lowest BCUT2D eigenvalue weighted by molar-refractivity contribution is 0.230. The van der Waals surface area contributed by atoms with Crippen LogP contribution in [0, 0.1) is 0 Å². The van der Waals surface area contributed by atoms with Crippen molar-refractivity contribution in [3.63, 3.8) is 0 Å². The molecule has 10 heteroatoms. The molecule has 0 unspecified atom stereocenters. The van der Waals surface area contributed by atoms with Crippen LogP contribution in [0.3, 0.4) is 0 Å². The number of halogens is 5. The molecule has 2 aliphatic rings. The first-order valence-electron chi connectivity index (χ1n) is 12.7. The van der Waals surface area contributed by atoms with Gasteiger partial charge >= 0.3 is 0 Å².